The summed E-state index contributed by atoms with van der Waals surface area (Å²) in [5, 5.41) is 22.1. The second-order valence-corrected chi connectivity index (χ2v) is 17.7. The Morgan fingerprint density at radius 2 is 1.06 bits per heavy atom. The lowest BCUT2D eigenvalue weighted by atomic mass is 10.1. The van der Waals surface area contributed by atoms with Crippen molar-refractivity contribution in [2.45, 2.75) is 38.5 Å². The maximum atomic E-state index is 14.6. The van der Waals surface area contributed by atoms with Gasteiger partial charge in [0.1, 0.15) is 22.7 Å². The third-order valence-corrected chi connectivity index (χ3v) is 13.4. The van der Waals surface area contributed by atoms with E-state index in [-0.39, 0.29) is 22.6 Å². The number of hydrogen-bond acceptors (Lipinski definition) is 11. The molecular weight excluding hydrogens is 884 g/mol. The molecule has 69 heavy (non-hydrogen) atoms. The first kappa shape index (κ1) is 46.7. The molecule has 0 spiro atoms. The number of aromatic carboxylic acids is 2. The van der Waals surface area contributed by atoms with Crippen molar-refractivity contribution in [3.8, 4) is 5.75 Å². The van der Waals surface area contributed by atoms with Crippen molar-refractivity contribution in [2.24, 2.45) is 0 Å². The van der Waals surface area contributed by atoms with Gasteiger partial charge in [-0.3, -0.25) is 9.80 Å². The van der Waals surface area contributed by atoms with Crippen LogP contribution in [0.3, 0.4) is 0 Å². The van der Waals surface area contributed by atoms with Gasteiger partial charge in [-0.1, -0.05) is 12.1 Å². The second kappa shape index (κ2) is 20.8. The molecule has 4 N–H and O–H groups in total. The molecule has 15 nitrogen and oxygen atoms in total. The minimum Gasteiger partial charge on any atom is -0.494 e. The van der Waals surface area contributed by atoms with Gasteiger partial charge >= 0.3 is 23.2 Å². The van der Waals surface area contributed by atoms with Crippen LogP contribution in [0.5, 0.6) is 5.75 Å². The van der Waals surface area contributed by atoms with E-state index in [2.05, 4.69) is 24.7 Å². The summed E-state index contributed by atoms with van der Waals surface area (Å²) in [6.07, 6.45) is 10.2. The van der Waals surface area contributed by atoms with E-state index in [9.17, 15) is 23.6 Å². The largest absolute Gasteiger partial charge is 0.494 e. The van der Waals surface area contributed by atoms with E-state index in [1.807, 2.05) is 35.5 Å². The van der Waals surface area contributed by atoms with Crippen molar-refractivity contribution < 1.29 is 37.8 Å². The number of rotatable bonds is 15. The molecule has 0 atom stereocenters. The lowest BCUT2D eigenvalue weighted by Gasteiger charge is -2.36. The quantitative estimate of drug-likeness (QED) is 0.0567. The zero-order valence-electron chi connectivity index (χ0n) is 38.5. The first-order valence-electron chi connectivity index (χ1n) is 23.5. The molecule has 0 aliphatic carbocycles. The molecule has 10 rings (SSSR count). The number of carboxylic acids is 2. The highest BCUT2D eigenvalue weighted by Gasteiger charge is 2.22. The molecule has 2 aliphatic rings. The van der Waals surface area contributed by atoms with E-state index < -0.39 is 17.6 Å². The summed E-state index contributed by atoms with van der Waals surface area (Å²) < 4.78 is 30.6. The molecule has 2 aliphatic heterocycles. The van der Waals surface area contributed by atoms with Gasteiger partial charge in [-0.25, -0.2) is 23.6 Å². The van der Waals surface area contributed by atoms with Crippen LogP contribution in [0, 0.1) is 5.82 Å². The van der Waals surface area contributed by atoms with Gasteiger partial charge < -0.3 is 43.6 Å². The zero-order chi connectivity index (χ0) is 48.0. The Bertz CT molecular complexity index is 3250. The normalized spacial score (nSPS) is 14.7. The number of carbonyl (C=O) groups is 2. The summed E-state index contributed by atoms with van der Waals surface area (Å²) in [4.78, 5) is 60.9. The summed E-state index contributed by atoms with van der Waals surface area (Å²) in [6, 6.07) is 23.6. The van der Waals surface area contributed by atoms with Crippen molar-refractivity contribution in [3.63, 3.8) is 0 Å². The van der Waals surface area contributed by atoms with E-state index in [1.165, 1.54) is 29.3 Å². The third-order valence-electron chi connectivity index (χ3n) is 13.4. The van der Waals surface area contributed by atoms with Gasteiger partial charge in [-0.15, -0.1) is 0 Å². The molecule has 2 fully saturated rings. The van der Waals surface area contributed by atoms with E-state index in [0.29, 0.717) is 16.8 Å². The van der Waals surface area contributed by atoms with Crippen LogP contribution in [0.25, 0.3) is 43.7 Å². The number of aromatic amines is 2. The molecule has 2 saturated heterocycles. The number of unbranched alkanes of at least 4 members (excludes halogenated alkanes) is 2. The summed E-state index contributed by atoms with van der Waals surface area (Å²) >= 11 is 0. The summed E-state index contributed by atoms with van der Waals surface area (Å²) in [6.45, 7) is 9.05. The smallest absolute Gasteiger partial charge is 0.336 e. The second-order valence-electron chi connectivity index (χ2n) is 17.7. The van der Waals surface area contributed by atoms with Gasteiger partial charge in [-0.2, -0.15) is 0 Å². The summed E-state index contributed by atoms with van der Waals surface area (Å²) in [7, 11) is 1.64. The number of hydrogen-bond donors (Lipinski definition) is 4. The molecule has 0 saturated carbocycles. The molecule has 0 bridgehead atoms. The lowest BCUT2D eigenvalue weighted by Crippen LogP contribution is -2.46. The molecule has 8 aromatic rings. The number of halogens is 1. The van der Waals surface area contributed by atoms with Crippen molar-refractivity contribution >= 4 is 67.1 Å². The highest BCUT2D eigenvalue weighted by molar-refractivity contribution is 5.95. The van der Waals surface area contributed by atoms with Gasteiger partial charge in [0, 0.05) is 122 Å². The number of nitrogens with one attached hydrogen (secondary N) is 2. The maximum absolute atomic E-state index is 14.6. The first-order chi connectivity index (χ1) is 33.5. The monoisotopic (exact) mass is 938 g/mol. The van der Waals surface area contributed by atoms with Gasteiger partial charge in [0.15, 0.2) is 0 Å². The minimum absolute atomic E-state index is 0.268. The van der Waals surface area contributed by atoms with Crippen LogP contribution in [0.2, 0.25) is 0 Å². The fourth-order valence-electron chi connectivity index (χ4n) is 9.60. The number of aromatic nitrogens is 2. The van der Waals surface area contributed by atoms with Crippen LogP contribution >= 0.6 is 0 Å². The first-order valence-corrected chi connectivity index (χ1v) is 23.5. The number of benzene rings is 4. The standard InChI is InChI=1S/C27H29N3O5.C26H26FN3O4/c1-34-25-16-24-18(6-8-26(31)35-24)15-23(25)30-12-10-29(11-13-30)9-3-2-4-20-17-28-22-14-19(27(32)33)5-7-21(20)22;27-21-15-24-17(5-7-25(31)34-24)14-23(21)30-11-9-29(10-12-30)8-2-1-3-19-16-28-22-13-18(26(32)33)4-6-20(19)22/h5-8,14-17,28H,2-4,9-13H2,1H3,(H,32,33);4-7,13-16,28H,1-3,8-12H2,(H,32,33). The Hall–Kier alpha value is -7.43. The van der Waals surface area contributed by atoms with Gasteiger partial charge in [-0.05, 0) is 111 Å². The lowest BCUT2D eigenvalue weighted by molar-refractivity contribution is 0.0686. The fraction of sp³-hybridized carbons (Fsp3) is 0.321. The third kappa shape index (κ3) is 10.8. The van der Waals surface area contributed by atoms with Crippen LogP contribution in [0.4, 0.5) is 15.8 Å². The molecule has 0 unspecified atom stereocenters. The topological polar surface area (TPSA) is 189 Å². The number of methoxy groups -OCH3 is 1. The molecule has 4 aromatic heterocycles. The molecule has 0 amide bonds. The molecule has 0 radical (unpaired) electrons. The number of fused-ring (bicyclic) bond motifs is 4. The Balaban J connectivity index is 0.000000172. The molecule has 358 valence electrons. The maximum Gasteiger partial charge on any atom is 0.336 e. The number of carboxylic acid groups (broad SMARTS) is 2. The zero-order valence-corrected chi connectivity index (χ0v) is 38.5. The predicted octanol–water partition coefficient (Wildman–Crippen LogP) is 8.38. The van der Waals surface area contributed by atoms with Crippen molar-refractivity contribution in [2.75, 3.05) is 82.4 Å². The van der Waals surface area contributed by atoms with Crippen molar-refractivity contribution in [3.05, 3.63) is 146 Å². The van der Waals surface area contributed by atoms with Gasteiger partial charge in [0.25, 0.3) is 0 Å². The van der Waals surface area contributed by atoms with Crippen LogP contribution in [0.1, 0.15) is 57.5 Å². The summed E-state index contributed by atoms with van der Waals surface area (Å²) in [5.74, 6) is -1.48. The van der Waals surface area contributed by atoms with Gasteiger partial charge in [0.05, 0.1) is 29.6 Å². The number of aryl methyl sites for hydroxylation is 2. The molecule has 16 heteroatoms. The van der Waals surface area contributed by atoms with Crippen LogP contribution in [0.15, 0.2) is 116 Å². The fourth-order valence-corrected chi connectivity index (χ4v) is 9.60. The molecular formula is C53H55FN6O9. The predicted molar refractivity (Wildman–Crippen MR) is 265 cm³/mol. The minimum atomic E-state index is -0.921. The average Bonchev–Trinajstić information content (AvgIpc) is 3.97. The van der Waals surface area contributed by atoms with E-state index >= 15 is 0 Å². The van der Waals surface area contributed by atoms with E-state index in [4.69, 9.17) is 23.8 Å². The highest BCUT2D eigenvalue weighted by Crippen LogP contribution is 2.34. The number of anilines is 2. The van der Waals surface area contributed by atoms with Crippen LogP contribution in [-0.2, 0) is 12.8 Å². The van der Waals surface area contributed by atoms with Crippen molar-refractivity contribution in [1.82, 2.24) is 19.8 Å². The highest BCUT2D eigenvalue weighted by atomic mass is 19.1. The number of nitrogens with zero attached hydrogens (tertiary/aromatic N) is 4. The number of H-pyrrole nitrogens is 2. The Labute approximate surface area is 396 Å². The van der Waals surface area contributed by atoms with Crippen molar-refractivity contribution in [1.29, 1.82) is 0 Å². The average molecular weight is 939 g/mol. The van der Waals surface area contributed by atoms with Gasteiger partial charge in [0.2, 0.25) is 0 Å². The van der Waals surface area contributed by atoms with Crippen LogP contribution < -0.4 is 25.8 Å². The van der Waals surface area contributed by atoms with E-state index in [1.54, 1.807) is 55.6 Å². The SMILES string of the molecule is COc1cc2oc(=O)ccc2cc1N1CCN(CCCCc2c[nH]c3cc(C(=O)O)ccc23)CC1.O=C(O)c1ccc2c(CCCCN3CCN(c4cc5ccc(=O)oc5cc4F)CC3)c[nH]c2c1. The molecule has 6 heterocycles. The van der Waals surface area contributed by atoms with E-state index in [0.717, 1.165) is 148 Å². The Morgan fingerprint density at radius 1 is 0.594 bits per heavy atom. The Morgan fingerprint density at radius 3 is 1.54 bits per heavy atom. The Kier molecular flexibility index (Phi) is 14.1. The molecule has 4 aromatic carbocycles. The number of piperazine rings is 2. The van der Waals surface area contributed by atoms with Crippen LogP contribution in [-0.4, -0.2) is 114 Å². The number of ether oxygens (including phenoxy) is 1. The summed E-state index contributed by atoms with van der Waals surface area (Å²) in [5.41, 5.74) is 6.30.